The molecule has 2 atom stereocenters. The molecule has 0 saturated heterocycles. The number of nitrogens with one attached hydrogen (secondary N) is 1. The van der Waals surface area contributed by atoms with E-state index in [0.29, 0.717) is 11.5 Å². The van der Waals surface area contributed by atoms with E-state index >= 15 is 0 Å². The molecule has 0 aromatic heterocycles. The Balaban J connectivity index is 2.12. The standard InChI is InChI=1S/C15H20N2O2S/c1-12-4-2-6-14(9-8-12)17-20(18,19)15-7-3-5-13(10-15)11-16/h3,5,7,10,12,14,17H,2,4,6,8-9H2,1H3. The van der Waals surface area contributed by atoms with Crippen LogP contribution in [0.2, 0.25) is 0 Å². The topological polar surface area (TPSA) is 70.0 Å². The lowest BCUT2D eigenvalue weighted by Gasteiger charge is -2.16. The highest BCUT2D eigenvalue weighted by molar-refractivity contribution is 7.89. The highest BCUT2D eigenvalue weighted by Gasteiger charge is 2.22. The van der Waals surface area contributed by atoms with Gasteiger partial charge in [0.1, 0.15) is 0 Å². The summed E-state index contributed by atoms with van der Waals surface area (Å²) in [5.41, 5.74) is 0.363. The highest BCUT2D eigenvalue weighted by Crippen LogP contribution is 2.24. The number of rotatable bonds is 3. The van der Waals surface area contributed by atoms with Crippen molar-refractivity contribution in [2.24, 2.45) is 5.92 Å². The summed E-state index contributed by atoms with van der Waals surface area (Å²) in [4.78, 5) is 0.175. The van der Waals surface area contributed by atoms with Gasteiger partial charge in [0, 0.05) is 6.04 Å². The number of sulfonamides is 1. The van der Waals surface area contributed by atoms with Gasteiger partial charge in [0.2, 0.25) is 10.0 Å². The van der Waals surface area contributed by atoms with Gasteiger partial charge in [0.05, 0.1) is 16.5 Å². The van der Waals surface area contributed by atoms with Gasteiger partial charge in [-0.15, -0.1) is 0 Å². The maximum absolute atomic E-state index is 12.3. The van der Waals surface area contributed by atoms with E-state index < -0.39 is 10.0 Å². The third kappa shape index (κ3) is 3.81. The molecule has 1 N–H and O–H groups in total. The van der Waals surface area contributed by atoms with E-state index in [0.717, 1.165) is 25.7 Å². The van der Waals surface area contributed by atoms with E-state index in [1.807, 2.05) is 6.07 Å². The second-order valence-corrected chi connectivity index (χ2v) is 7.29. The van der Waals surface area contributed by atoms with Crippen molar-refractivity contribution in [2.45, 2.75) is 50.0 Å². The Hall–Kier alpha value is -1.38. The Morgan fingerprint density at radius 1 is 1.25 bits per heavy atom. The van der Waals surface area contributed by atoms with E-state index in [4.69, 9.17) is 5.26 Å². The van der Waals surface area contributed by atoms with Crippen molar-refractivity contribution in [1.29, 1.82) is 5.26 Å². The van der Waals surface area contributed by atoms with Crippen LogP contribution in [0.3, 0.4) is 0 Å². The number of hydrogen-bond donors (Lipinski definition) is 1. The Morgan fingerprint density at radius 3 is 2.80 bits per heavy atom. The average Bonchev–Trinajstić information content (AvgIpc) is 2.63. The van der Waals surface area contributed by atoms with Crippen molar-refractivity contribution >= 4 is 10.0 Å². The fourth-order valence-electron chi connectivity index (χ4n) is 2.63. The Labute approximate surface area is 120 Å². The zero-order valence-corrected chi connectivity index (χ0v) is 12.5. The summed E-state index contributed by atoms with van der Waals surface area (Å²) in [6.07, 6.45) is 5.07. The van der Waals surface area contributed by atoms with Crippen LogP contribution in [0.15, 0.2) is 29.2 Å². The summed E-state index contributed by atoms with van der Waals surface area (Å²) in [5.74, 6) is 0.673. The number of benzene rings is 1. The highest BCUT2D eigenvalue weighted by atomic mass is 32.2. The third-order valence-electron chi connectivity index (χ3n) is 3.85. The smallest absolute Gasteiger partial charge is 0.208 e. The largest absolute Gasteiger partial charge is 0.240 e. The zero-order chi connectivity index (χ0) is 14.6. The van der Waals surface area contributed by atoms with Crippen LogP contribution in [0.5, 0.6) is 0 Å². The van der Waals surface area contributed by atoms with Gasteiger partial charge < -0.3 is 0 Å². The van der Waals surface area contributed by atoms with Gasteiger partial charge >= 0.3 is 0 Å². The molecule has 1 aromatic carbocycles. The van der Waals surface area contributed by atoms with Gasteiger partial charge in [0.15, 0.2) is 0 Å². The minimum atomic E-state index is -3.53. The molecule has 4 nitrogen and oxygen atoms in total. The molecular weight excluding hydrogens is 272 g/mol. The first-order valence-electron chi connectivity index (χ1n) is 7.04. The molecule has 0 aliphatic heterocycles. The number of hydrogen-bond acceptors (Lipinski definition) is 3. The molecule has 5 heteroatoms. The molecule has 108 valence electrons. The van der Waals surface area contributed by atoms with E-state index in [2.05, 4.69) is 11.6 Å². The second-order valence-electron chi connectivity index (χ2n) is 5.57. The lowest BCUT2D eigenvalue weighted by Crippen LogP contribution is -2.34. The molecule has 1 aromatic rings. The molecule has 0 spiro atoms. The van der Waals surface area contributed by atoms with Gasteiger partial charge in [-0.1, -0.05) is 25.8 Å². The van der Waals surface area contributed by atoms with Crippen molar-refractivity contribution in [3.63, 3.8) is 0 Å². The molecule has 2 rings (SSSR count). The van der Waals surface area contributed by atoms with Crippen LogP contribution in [0, 0.1) is 17.2 Å². The predicted octanol–water partition coefficient (Wildman–Crippen LogP) is 2.81. The molecule has 0 bridgehead atoms. The van der Waals surface area contributed by atoms with Crippen LogP contribution in [-0.4, -0.2) is 14.5 Å². The monoisotopic (exact) mass is 292 g/mol. The molecule has 2 unspecified atom stereocenters. The first kappa shape index (κ1) is 15.0. The fourth-order valence-corrected chi connectivity index (χ4v) is 3.98. The van der Waals surface area contributed by atoms with Gasteiger partial charge in [-0.3, -0.25) is 0 Å². The van der Waals surface area contributed by atoms with Gasteiger partial charge in [-0.2, -0.15) is 5.26 Å². The minimum absolute atomic E-state index is 0.00990. The first-order chi connectivity index (χ1) is 9.51. The van der Waals surface area contributed by atoms with Gasteiger partial charge in [-0.05, 0) is 43.4 Å². The molecule has 1 fully saturated rings. The maximum Gasteiger partial charge on any atom is 0.240 e. The molecule has 0 heterocycles. The van der Waals surface area contributed by atoms with Crippen molar-refractivity contribution in [3.8, 4) is 6.07 Å². The fraction of sp³-hybridized carbons (Fsp3) is 0.533. The molecule has 1 saturated carbocycles. The Bertz CT molecular complexity index is 605. The maximum atomic E-state index is 12.3. The van der Waals surface area contributed by atoms with Crippen molar-refractivity contribution in [1.82, 2.24) is 4.72 Å². The summed E-state index contributed by atoms with van der Waals surface area (Å²) in [6.45, 7) is 2.22. The minimum Gasteiger partial charge on any atom is -0.208 e. The molecule has 0 radical (unpaired) electrons. The van der Waals surface area contributed by atoms with Crippen LogP contribution < -0.4 is 4.72 Å². The molecular formula is C15H20N2O2S. The number of nitriles is 1. The summed E-state index contributed by atoms with van der Waals surface area (Å²) in [7, 11) is -3.53. The molecule has 0 amide bonds. The lowest BCUT2D eigenvalue weighted by molar-refractivity contribution is 0.484. The van der Waals surface area contributed by atoms with E-state index in [9.17, 15) is 8.42 Å². The van der Waals surface area contributed by atoms with Crippen LogP contribution in [0.1, 0.15) is 44.6 Å². The average molecular weight is 292 g/mol. The van der Waals surface area contributed by atoms with Gasteiger partial charge in [0.25, 0.3) is 0 Å². The summed E-state index contributed by atoms with van der Waals surface area (Å²) in [5, 5.41) is 8.85. The Kier molecular flexibility index (Phi) is 4.79. The Morgan fingerprint density at radius 2 is 2.05 bits per heavy atom. The van der Waals surface area contributed by atoms with Crippen molar-refractivity contribution < 1.29 is 8.42 Å². The van der Waals surface area contributed by atoms with E-state index in [1.54, 1.807) is 12.1 Å². The molecule has 1 aliphatic rings. The van der Waals surface area contributed by atoms with Crippen LogP contribution in [0.25, 0.3) is 0 Å². The van der Waals surface area contributed by atoms with Crippen LogP contribution in [0.4, 0.5) is 0 Å². The van der Waals surface area contributed by atoms with Crippen molar-refractivity contribution in [2.75, 3.05) is 0 Å². The quantitative estimate of drug-likeness (QED) is 0.871. The third-order valence-corrected chi connectivity index (χ3v) is 5.37. The molecule has 1 aliphatic carbocycles. The van der Waals surface area contributed by atoms with Gasteiger partial charge in [-0.25, -0.2) is 13.1 Å². The van der Waals surface area contributed by atoms with Crippen molar-refractivity contribution in [3.05, 3.63) is 29.8 Å². The van der Waals surface area contributed by atoms with E-state index in [1.165, 1.54) is 18.6 Å². The number of nitrogens with zero attached hydrogens (tertiary/aromatic N) is 1. The normalized spacial score (nSPS) is 23.8. The zero-order valence-electron chi connectivity index (χ0n) is 11.7. The summed E-state index contributed by atoms with van der Waals surface area (Å²) in [6, 6.07) is 8.13. The summed E-state index contributed by atoms with van der Waals surface area (Å²) < 4.78 is 27.5. The van der Waals surface area contributed by atoms with Crippen LogP contribution in [-0.2, 0) is 10.0 Å². The second kappa shape index (κ2) is 6.38. The summed E-state index contributed by atoms with van der Waals surface area (Å²) >= 11 is 0. The van der Waals surface area contributed by atoms with Crippen LogP contribution >= 0.6 is 0 Å². The molecule has 20 heavy (non-hydrogen) atoms. The predicted molar refractivity (Wildman–Crippen MR) is 77.5 cm³/mol. The SMILES string of the molecule is CC1CCCC(NS(=O)(=O)c2cccc(C#N)c2)CC1. The first-order valence-corrected chi connectivity index (χ1v) is 8.52. The van der Waals surface area contributed by atoms with E-state index in [-0.39, 0.29) is 10.9 Å². The lowest BCUT2D eigenvalue weighted by atomic mass is 10.0.